The van der Waals surface area contributed by atoms with Crippen molar-refractivity contribution in [1.82, 2.24) is 0 Å². The van der Waals surface area contributed by atoms with E-state index in [-0.39, 0.29) is 11.6 Å². The van der Waals surface area contributed by atoms with Gasteiger partial charge in [0.05, 0.1) is 0 Å². The smallest absolute Gasteiger partial charge is 0.125 e. The second-order valence-corrected chi connectivity index (χ2v) is 7.41. The Balaban J connectivity index is 1.62. The third-order valence-electron chi connectivity index (χ3n) is 5.42. The summed E-state index contributed by atoms with van der Waals surface area (Å²) >= 11 is 6.08. The summed E-state index contributed by atoms with van der Waals surface area (Å²) in [6.07, 6.45) is 8.84. The van der Waals surface area contributed by atoms with Gasteiger partial charge in [0.25, 0.3) is 0 Å². The van der Waals surface area contributed by atoms with E-state index in [1.807, 2.05) is 18.2 Å². The van der Waals surface area contributed by atoms with Crippen molar-refractivity contribution < 1.29 is 4.74 Å². The fraction of sp³-hybridized carbons (Fsp3) is 0.647. The number of fused-ring (bicyclic) bond motifs is 1. The van der Waals surface area contributed by atoms with Gasteiger partial charge in [0.2, 0.25) is 0 Å². The lowest BCUT2D eigenvalue weighted by atomic mass is 9.71. The first-order valence-electron chi connectivity index (χ1n) is 7.89. The number of hydrogen-bond acceptors (Lipinski definition) is 2. The number of hydrogen-bond donors (Lipinski definition) is 1. The zero-order valence-electron chi connectivity index (χ0n) is 11.8. The SMILES string of the molecule is N[C@H]1CC2(CCCC(C3CC3)C2)Oc2ccc(Cl)cc21. The molecule has 1 aromatic rings. The molecule has 2 aliphatic carbocycles. The molecule has 3 atom stereocenters. The second-order valence-electron chi connectivity index (χ2n) is 6.97. The Morgan fingerprint density at radius 1 is 1.15 bits per heavy atom. The molecular weight excluding hydrogens is 270 g/mol. The second kappa shape index (κ2) is 4.64. The van der Waals surface area contributed by atoms with E-state index in [0.29, 0.717) is 0 Å². The molecule has 0 bridgehead atoms. The summed E-state index contributed by atoms with van der Waals surface area (Å²) in [5.41, 5.74) is 7.49. The standard InChI is InChI=1S/C17H22ClNO/c18-13-5-6-16-14(8-13)15(19)10-17(20-16)7-1-2-12(9-17)11-3-4-11/h5-6,8,11-12,15H,1-4,7,9-10,19H2/t12?,15-,17?/m0/s1. The zero-order chi connectivity index (χ0) is 13.7. The summed E-state index contributed by atoms with van der Waals surface area (Å²) < 4.78 is 6.46. The molecule has 1 aromatic carbocycles. The first-order valence-corrected chi connectivity index (χ1v) is 8.27. The summed E-state index contributed by atoms with van der Waals surface area (Å²) in [4.78, 5) is 0. The van der Waals surface area contributed by atoms with Crippen LogP contribution in [-0.2, 0) is 0 Å². The Hall–Kier alpha value is -0.730. The molecule has 0 aromatic heterocycles. The minimum absolute atomic E-state index is 0.00818. The van der Waals surface area contributed by atoms with Crippen molar-refractivity contribution in [3.63, 3.8) is 0 Å². The van der Waals surface area contributed by atoms with Gasteiger partial charge in [0, 0.05) is 23.0 Å². The van der Waals surface area contributed by atoms with Crippen LogP contribution >= 0.6 is 11.6 Å². The van der Waals surface area contributed by atoms with Crippen LogP contribution in [0, 0.1) is 11.8 Å². The monoisotopic (exact) mass is 291 g/mol. The number of rotatable bonds is 1. The highest BCUT2D eigenvalue weighted by Crippen LogP contribution is 2.52. The van der Waals surface area contributed by atoms with Crippen LogP contribution in [0.15, 0.2) is 18.2 Å². The number of halogens is 1. The van der Waals surface area contributed by atoms with E-state index in [1.165, 1.54) is 32.1 Å². The Morgan fingerprint density at radius 3 is 2.80 bits per heavy atom. The van der Waals surface area contributed by atoms with E-state index in [0.717, 1.165) is 41.0 Å². The first-order chi connectivity index (χ1) is 9.65. The van der Waals surface area contributed by atoms with Gasteiger partial charge >= 0.3 is 0 Å². The largest absolute Gasteiger partial charge is 0.487 e. The molecule has 2 fully saturated rings. The fourth-order valence-corrected chi connectivity index (χ4v) is 4.48. The molecule has 2 nitrogen and oxygen atoms in total. The van der Waals surface area contributed by atoms with Crippen molar-refractivity contribution in [3.8, 4) is 5.75 Å². The Morgan fingerprint density at radius 2 is 2.00 bits per heavy atom. The van der Waals surface area contributed by atoms with Crippen LogP contribution in [0.4, 0.5) is 0 Å². The molecule has 0 radical (unpaired) electrons. The molecule has 3 heteroatoms. The lowest BCUT2D eigenvalue weighted by molar-refractivity contribution is -0.0207. The normalized spacial score (nSPS) is 36.5. The maximum atomic E-state index is 6.46. The molecule has 2 saturated carbocycles. The predicted octanol–water partition coefficient (Wildman–Crippen LogP) is 4.46. The van der Waals surface area contributed by atoms with Gasteiger partial charge in [0.15, 0.2) is 0 Å². The molecule has 2 unspecified atom stereocenters. The first kappa shape index (κ1) is 13.0. The van der Waals surface area contributed by atoms with Crippen molar-refractivity contribution in [3.05, 3.63) is 28.8 Å². The number of benzene rings is 1. The van der Waals surface area contributed by atoms with Crippen LogP contribution < -0.4 is 10.5 Å². The summed E-state index contributed by atoms with van der Waals surface area (Å²) in [7, 11) is 0. The lowest BCUT2D eigenvalue weighted by Gasteiger charge is -2.46. The van der Waals surface area contributed by atoms with E-state index in [4.69, 9.17) is 22.1 Å². The average molecular weight is 292 g/mol. The van der Waals surface area contributed by atoms with E-state index in [9.17, 15) is 0 Å². The van der Waals surface area contributed by atoms with Gasteiger partial charge in [-0.15, -0.1) is 0 Å². The topological polar surface area (TPSA) is 35.2 Å². The summed E-state index contributed by atoms with van der Waals surface area (Å²) in [6.45, 7) is 0. The maximum Gasteiger partial charge on any atom is 0.125 e. The average Bonchev–Trinajstić information content (AvgIpc) is 3.24. The molecule has 1 aliphatic heterocycles. The number of ether oxygens (including phenoxy) is 1. The third-order valence-corrected chi connectivity index (χ3v) is 5.65. The third kappa shape index (κ3) is 2.23. The van der Waals surface area contributed by atoms with Crippen molar-refractivity contribution in [1.29, 1.82) is 0 Å². The molecule has 0 amide bonds. The molecule has 1 heterocycles. The maximum absolute atomic E-state index is 6.46. The van der Waals surface area contributed by atoms with Gasteiger partial charge in [-0.2, -0.15) is 0 Å². The van der Waals surface area contributed by atoms with Crippen molar-refractivity contribution in [2.45, 2.75) is 56.6 Å². The molecule has 2 N–H and O–H groups in total. The molecule has 4 rings (SSSR count). The Bertz CT molecular complexity index is 528. The van der Waals surface area contributed by atoms with Crippen LogP contribution in [0.1, 0.15) is 56.6 Å². The van der Waals surface area contributed by atoms with Crippen molar-refractivity contribution in [2.24, 2.45) is 17.6 Å². The van der Waals surface area contributed by atoms with Crippen molar-refractivity contribution >= 4 is 11.6 Å². The van der Waals surface area contributed by atoms with E-state index < -0.39 is 0 Å². The van der Waals surface area contributed by atoms with Gasteiger partial charge in [-0.3, -0.25) is 0 Å². The van der Waals surface area contributed by atoms with E-state index in [2.05, 4.69) is 0 Å². The van der Waals surface area contributed by atoms with Gasteiger partial charge in [-0.05, 0) is 68.6 Å². The van der Waals surface area contributed by atoms with Crippen LogP contribution in [0.2, 0.25) is 5.02 Å². The Labute approximate surface area is 125 Å². The summed E-state index contributed by atoms with van der Waals surface area (Å²) in [6, 6.07) is 5.94. The molecule has 0 saturated heterocycles. The van der Waals surface area contributed by atoms with Gasteiger partial charge < -0.3 is 10.5 Å². The van der Waals surface area contributed by atoms with Crippen LogP contribution in [0.5, 0.6) is 5.75 Å². The quantitative estimate of drug-likeness (QED) is 0.829. The van der Waals surface area contributed by atoms with Crippen LogP contribution in [0.25, 0.3) is 0 Å². The number of nitrogens with two attached hydrogens (primary N) is 1. The van der Waals surface area contributed by atoms with E-state index in [1.54, 1.807) is 0 Å². The highest BCUT2D eigenvalue weighted by molar-refractivity contribution is 6.30. The molecule has 108 valence electrons. The molecule has 20 heavy (non-hydrogen) atoms. The van der Waals surface area contributed by atoms with Crippen molar-refractivity contribution in [2.75, 3.05) is 0 Å². The molecular formula is C17H22ClNO. The highest BCUT2D eigenvalue weighted by atomic mass is 35.5. The zero-order valence-corrected chi connectivity index (χ0v) is 12.5. The van der Waals surface area contributed by atoms with Gasteiger partial charge in [-0.25, -0.2) is 0 Å². The highest BCUT2D eigenvalue weighted by Gasteiger charge is 2.46. The summed E-state index contributed by atoms with van der Waals surface area (Å²) in [5.74, 6) is 2.80. The van der Waals surface area contributed by atoms with Crippen LogP contribution in [-0.4, -0.2) is 5.60 Å². The van der Waals surface area contributed by atoms with E-state index >= 15 is 0 Å². The minimum atomic E-state index is -0.00818. The predicted molar refractivity (Wildman–Crippen MR) is 81.0 cm³/mol. The minimum Gasteiger partial charge on any atom is -0.487 e. The molecule has 3 aliphatic rings. The Kier molecular flexibility index (Phi) is 3.01. The van der Waals surface area contributed by atoms with Gasteiger partial charge in [0.1, 0.15) is 11.4 Å². The van der Waals surface area contributed by atoms with Gasteiger partial charge in [-0.1, -0.05) is 11.6 Å². The lowest BCUT2D eigenvalue weighted by Crippen LogP contribution is -2.46. The fourth-order valence-electron chi connectivity index (χ4n) is 4.30. The molecule has 1 spiro atoms. The van der Waals surface area contributed by atoms with Crippen LogP contribution in [0.3, 0.4) is 0 Å². The summed E-state index contributed by atoms with van der Waals surface area (Å²) in [5, 5.41) is 0.748.